The van der Waals surface area contributed by atoms with Crippen LogP contribution in [0.2, 0.25) is 0 Å². The fourth-order valence-electron chi connectivity index (χ4n) is 3.02. The zero-order valence-electron chi connectivity index (χ0n) is 15.1. The lowest BCUT2D eigenvalue weighted by atomic mass is 10.0. The Kier molecular flexibility index (Phi) is 9.80. The van der Waals surface area contributed by atoms with Gasteiger partial charge in [-0.3, -0.25) is 9.69 Å². The lowest BCUT2D eigenvalue weighted by Gasteiger charge is -2.33. The number of methoxy groups -OCH3 is 1. The Balaban J connectivity index is 0.00000182. The number of hydrogen-bond donors (Lipinski definition) is 2. The molecule has 1 amide bonds. The molecule has 0 saturated carbocycles. The predicted molar refractivity (Wildman–Crippen MR) is 119 cm³/mol. The maximum atomic E-state index is 13.0. The summed E-state index contributed by atoms with van der Waals surface area (Å²) in [6, 6.07) is 14.9. The minimum Gasteiger partial charge on any atom is -0.495 e. The smallest absolute Gasteiger partial charge is 0.246 e. The molecule has 2 aromatic carbocycles. The topological polar surface area (TPSA) is 67.6 Å². The molecule has 1 aliphatic heterocycles. The maximum Gasteiger partial charge on any atom is 0.246 e. The summed E-state index contributed by atoms with van der Waals surface area (Å²) in [6.45, 7) is 1.81. The first-order valence-corrected chi connectivity index (χ1v) is 9.45. The van der Waals surface area contributed by atoms with Crippen molar-refractivity contribution in [1.29, 1.82) is 0 Å². The van der Waals surface area contributed by atoms with Gasteiger partial charge in [0.05, 0.1) is 12.8 Å². The number of nitrogens with one attached hydrogen (secondary N) is 1. The van der Waals surface area contributed by atoms with E-state index in [4.69, 9.17) is 10.5 Å². The number of benzene rings is 2. The summed E-state index contributed by atoms with van der Waals surface area (Å²) in [6.07, 6.45) is 0. The molecule has 1 saturated heterocycles. The van der Waals surface area contributed by atoms with Crippen molar-refractivity contribution in [3.05, 3.63) is 54.1 Å². The molecule has 27 heavy (non-hydrogen) atoms. The van der Waals surface area contributed by atoms with Crippen molar-refractivity contribution in [2.24, 2.45) is 0 Å². The van der Waals surface area contributed by atoms with Crippen LogP contribution in [-0.4, -0.2) is 42.5 Å². The molecule has 0 bridgehead atoms. The second-order valence-corrected chi connectivity index (χ2v) is 7.13. The minimum absolute atomic E-state index is 0. The summed E-state index contributed by atoms with van der Waals surface area (Å²) < 4.78 is 5.17. The summed E-state index contributed by atoms with van der Waals surface area (Å²) >= 11 is 1.93. The molecule has 0 spiro atoms. The van der Waals surface area contributed by atoms with Gasteiger partial charge in [0, 0.05) is 30.3 Å². The van der Waals surface area contributed by atoms with Gasteiger partial charge in [0.15, 0.2) is 0 Å². The van der Waals surface area contributed by atoms with E-state index in [0.717, 1.165) is 30.2 Å². The Labute approximate surface area is 176 Å². The Morgan fingerprint density at radius 1 is 1.15 bits per heavy atom. The van der Waals surface area contributed by atoms with Gasteiger partial charge in [-0.1, -0.05) is 30.3 Å². The molecular formula is C19H25Cl2N3O2S. The number of amides is 1. The van der Waals surface area contributed by atoms with Gasteiger partial charge in [0.25, 0.3) is 0 Å². The van der Waals surface area contributed by atoms with E-state index in [0.29, 0.717) is 17.1 Å². The molecule has 3 N–H and O–H groups in total. The Bertz CT molecular complexity index is 728. The van der Waals surface area contributed by atoms with Gasteiger partial charge >= 0.3 is 0 Å². The number of thioether (sulfide) groups is 1. The quantitative estimate of drug-likeness (QED) is 0.706. The molecule has 0 aromatic heterocycles. The largest absolute Gasteiger partial charge is 0.495 e. The minimum atomic E-state index is -0.301. The number of ether oxygens (including phenoxy) is 1. The highest BCUT2D eigenvalue weighted by Crippen LogP contribution is 2.28. The van der Waals surface area contributed by atoms with Crippen molar-refractivity contribution < 1.29 is 9.53 Å². The Hall–Kier alpha value is -1.60. The summed E-state index contributed by atoms with van der Waals surface area (Å²) in [5.74, 6) is 2.66. The third-order valence-electron chi connectivity index (χ3n) is 4.27. The first kappa shape index (κ1) is 23.4. The number of carbonyl (C=O) groups excluding carboxylic acids is 1. The fraction of sp³-hybridized carbons (Fsp3) is 0.316. The number of nitrogen functional groups attached to an aromatic ring is 1. The van der Waals surface area contributed by atoms with Crippen molar-refractivity contribution in [3.8, 4) is 5.75 Å². The molecule has 1 fully saturated rings. The normalized spacial score (nSPS) is 15.0. The van der Waals surface area contributed by atoms with Crippen molar-refractivity contribution in [2.75, 3.05) is 42.8 Å². The average Bonchev–Trinajstić information content (AvgIpc) is 2.64. The van der Waals surface area contributed by atoms with Crippen LogP contribution in [0.3, 0.4) is 0 Å². The third kappa shape index (κ3) is 5.94. The summed E-state index contributed by atoms with van der Waals surface area (Å²) in [4.78, 5) is 15.3. The molecule has 0 aliphatic carbocycles. The molecule has 2 aromatic rings. The molecule has 1 heterocycles. The standard InChI is InChI=1S/C19H23N3O2S.2ClH/c1-24-17-8-7-15(13-16(17)20)21-19(23)18(14-5-3-2-4-6-14)22-9-11-25-12-10-22;;/h2-8,13,18H,9-12,20H2,1H3,(H,21,23);2*1H. The number of anilines is 2. The number of nitrogens with two attached hydrogens (primary N) is 1. The summed E-state index contributed by atoms with van der Waals surface area (Å²) in [5, 5.41) is 3.01. The second-order valence-electron chi connectivity index (χ2n) is 5.91. The van der Waals surface area contributed by atoms with Gasteiger partial charge in [0.1, 0.15) is 11.8 Å². The average molecular weight is 430 g/mol. The highest BCUT2D eigenvalue weighted by atomic mass is 35.5. The zero-order valence-corrected chi connectivity index (χ0v) is 17.5. The van der Waals surface area contributed by atoms with Crippen LogP contribution in [0, 0.1) is 0 Å². The van der Waals surface area contributed by atoms with E-state index in [2.05, 4.69) is 10.2 Å². The number of nitrogens with zero attached hydrogens (tertiary/aromatic N) is 1. The number of hydrogen-bond acceptors (Lipinski definition) is 5. The zero-order chi connectivity index (χ0) is 17.6. The van der Waals surface area contributed by atoms with Crippen LogP contribution in [-0.2, 0) is 4.79 Å². The van der Waals surface area contributed by atoms with E-state index in [1.54, 1.807) is 25.3 Å². The van der Waals surface area contributed by atoms with E-state index in [1.165, 1.54) is 0 Å². The van der Waals surface area contributed by atoms with E-state index in [9.17, 15) is 4.79 Å². The SMILES string of the molecule is COc1ccc(NC(=O)C(c2ccccc2)N2CCSCC2)cc1N.Cl.Cl. The molecule has 148 valence electrons. The van der Waals surface area contributed by atoms with E-state index >= 15 is 0 Å². The molecule has 1 aliphatic rings. The van der Waals surface area contributed by atoms with Crippen LogP contribution < -0.4 is 15.8 Å². The van der Waals surface area contributed by atoms with Crippen LogP contribution in [0.5, 0.6) is 5.75 Å². The van der Waals surface area contributed by atoms with Crippen LogP contribution in [0.1, 0.15) is 11.6 Å². The van der Waals surface area contributed by atoms with Crippen LogP contribution in [0.25, 0.3) is 0 Å². The molecule has 5 nitrogen and oxygen atoms in total. The van der Waals surface area contributed by atoms with E-state index in [1.807, 2.05) is 42.1 Å². The van der Waals surface area contributed by atoms with Crippen molar-refractivity contribution >= 4 is 53.9 Å². The van der Waals surface area contributed by atoms with E-state index < -0.39 is 0 Å². The van der Waals surface area contributed by atoms with Gasteiger partial charge in [-0.05, 0) is 23.8 Å². The Morgan fingerprint density at radius 3 is 2.41 bits per heavy atom. The van der Waals surface area contributed by atoms with Gasteiger partial charge in [-0.25, -0.2) is 0 Å². The first-order chi connectivity index (χ1) is 12.2. The van der Waals surface area contributed by atoms with Gasteiger partial charge in [-0.15, -0.1) is 24.8 Å². The number of carbonyl (C=O) groups is 1. The monoisotopic (exact) mass is 429 g/mol. The van der Waals surface area contributed by atoms with Crippen molar-refractivity contribution in [2.45, 2.75) is 6.04 Å². The third-order valence-corrected chi connectivity index (χ3v) is 5.21. The van der Waals surface area contributed by atoms with Gasteiger partial charge in [-0.2, -0.15) is 11.8 Å². The maximum absolute atomic E-state index is 13.0. The van der Waals surface area contributed by atoms with Crippen molar-refractivity contribution in [1.82, 2.24) is 4.90 Å². The van der Waals surface area contributed by atoms with Crippen LogP contribution in [0.4, 0.5) is 11.4 Å². The van der Waals surface area contributed by atoms with Gasteiger partial charge < -0.3 is 15.8 Å². The second kappa shape index (κ2) is 11.3. The molecule has 3 rings (SSSR count). The lowest BCUT2D eigenvalue weighted by Crippen LogP contribution is -2.41. The van der Waals surface area contributed by atoms with Gasteiger partial charge in [0.2, 0.25) is 5.91 Å². The molecule has 8 heteroatoms. The predicted octanol–water partition coefficient (Wildman–Crippen LogP) is 3.85. The molecular weight excluding hydrogens is 405 g/mol. The number of rotatable bonds is 5. The van der Waals surface area contributed by atoms with Crippen LogP contribution in [0.15, 0.2) is 48.5 Å². The fourth-order valence-corrected chi connectivity index (χ4v) is 3.95. The van der Waals surface area contributed by atoms with E-state index in [-0.39, 0.29) is 36.8 Å². The van der Waals surface area contributed by atoms with Crippen molar-refractivity contribution in [3.63, 3.8) is 0 Å². The first-order valence-electron chi connectivity index (χ1n) is 8.30. The lowest BCUT2D eigenvalue weighted by molar-refractivity contribution is -0.121. The molecule has 1 atom stereocenters. The molecule has 0 radical (unpaired) electrons. The van der Waals surface area contributed by atoms with Crippen LogP contribution >= 0.6 is 36.6 Å². The summed E-state index contributed by atoms with van der Waals surface area (Å²) in [5.41, 5.74) is 8.14. The highest BCUT2D eigenvalue weighted by molar-refractivity contribution is 7.99. The highest BCUT2D eigenvalue weighted by Gasteiger charge is 2.28. The Morgan fingerprint density at radius 2 is 1.81 bits per heavy atom. The molecule has 1 unspecified atom stereocenters. The number of halogens is 2. The summed E-state index contributed by atoms with van der Waals surface area (Å²) in [7, 11) is 1.57.